The molecule has 0 radical (unpaired) electrons. The summed E-state index contributed by atoms with van der Waals surface area (Å²) in [5.41, 5.74) is -0.711. The molecule has 25 heavy (non-hydrogen) atoms. The maximum absolute atomic E-state index is 10.6. The molecule has 0 unspecified atom stereocenters. The molecule has 0 spiro atoms. The average molecular weight is 480 g/mol. The number of hydrogen-bond acceptors (Lipinski definition) is 5. The van der Waals surface area contributed by atoms with Crippen molar-refractivity contribution in [3.05, 3.63) is 17.5 Å². The van der Waals surface area contributed by atoms with E-state index in [0.29, 0.717) is 32.6 Å². The Balaban J connectivity index is 0.00000225. The highest BCUT2D eigenvalue weighted by Crippen LogP contribution is 2.23. The third-order valence-electron chi connectivity index (χ3n) is 4.68. The number of piperazine rings is 1. The lowest BCUT2D eigenvalue weighted by Gasteiger charge is -2.37. The number of nitrogens with one attached hydrogen (secondary N) is 1. The zero-order chi connectivity index (χ0) is 16.8. The van der Waals surface area contributed by atoms with Gasteiger partial charge in [0.05, 0.1) is 17.1 Å². The summed E-state index contributed by atoms with van der Waals surface area (Å²) in [6, 6.07) is 4.28. The van der Waals surface area contributed by atoms with E-state index in [2.05, 4.69) is 39.6 Å². The summed E-state index contributed by atoms with van der Waals surface area (Å²) in [5.74, 6) is 0.920. The van der Waals surface area contributed by atoms with Gasteiger partial charge in [-0.05, 0) is 24.4 Å². The molecule has 3 rings (SSSR count). The number of guanidine groups is 1. The van der Waals surface area contributed by atoms with Gasteiger partial charge in [-0.1, -0.05) is 0 Å². The molecule has 0 aromatic carbocycles. The van der Waals surface area contributed by atoms with Crippen LogP contribution in [0.5, 0.6) is 0 Å². The van der Waals surface area contributed by atoms with E-state index in [4.69, 9.17) is 9.73 Å². The first-order valence-corrected chi connectivity index (χ1v) is 9.70. The second-order valence-electron chi connectivity index (χ2n) is 6.43. The first-order valence-electron chi connectivity index (χ1n) is 8.82. The Morgan fingerprint density at radius 3 is 2.64 bits per heavy atom. The van der Waals surface area contributed by atoms with Gasteiger partial charge in [0.25, 0.3) is 0 Å². The molecule has 2 saturated heterocycles. The number of ether oxygens (including phenoxy) is 1. The van der Waals surface area contributed by atoms with Gasteiger partial charge < -0.3 is 25.0 Å². The summed E-state index contributed by atoms with van der Waals surface area (Å²) in [4.78, 5) is 9.46. The van der Waals surface area contributed by atoms with Gasteiger partial charge >= 0.3 is 0 Å². The largest absolute Gasteiger partial charge is 0.388 e. The predicted octanol–water partition coefficient (Wildman–Crippen LogP) is 2.00. The molecule has 2 aliphatic heterocycles. The summed E-state index contributed by atoms with van der Waals surface area (Å²) >= 11 is 1.79. The highest BCUT2D eigenvalue weighted by Gasteiger charge is 2.30. The van der Waals surface area contributed by atoms with Crippen LogP contribution in [0.1, 0.15) is 19.8 Å². The summed E-state index contributed by atoms with van der Waals surface area (Å²) in [6.45, 7) is 8.53. The Morgan fingerprint density at radius 1 is 1.32 bits per heavy atom. The zero-order valence-corrected chi connectivity index (χ0v) is 18.0. The number of thiophene rings is 1. The van der Waals surface area contributed by atoms with Crippen molar-refractivity contribution in [3.63, 3.8) is 0 Å². The predicted molar refractivity (Wildman–Crippen MR) is 115 cm³/mol. The van der Waals surface area contributed by atoms with Crippen molar-refractivity contribution >= 4 is 46.3 Å². The van der Waals surface area contributed by atoms with Crippen LogP contribution in [0.2, 0.25) is 0 Å². The van der Waals surface area contributed by atoms with Crippen LogP contribution in [0.3, 0.4) is 0 Å². The molecule has 3 heterocycles. The molecule has 2 aliphatic rings. The van der Waals surface area contributed by atoms with Crippen molar-refractivity contribution < 1.29 is 9.84 Å². The van der Waals surface area contributed by atoms with Gasteiger partial charge in [-0.15, -0.1) is 35.3 Å². The first kappa shape index (κ1) is 20.7. The van der Waals surface area contributed by atoms with Gasteiger partial charge in [-0.2, -0.15) is 0 Å². The molecule has 2 fully saturated rings. The average Bonchev–Trinajstić information content (AvgIpc) is 3.14. The molecule has 0 bridgehead atoms. The maximum atomic E-state index is 10.6. The molecule has 142 valence electrons. The number of halogens is 1. The standard InChI is InChI=1S/C17H28N4O2S.HI/c1-2-18-16(19-14-17(22)5-11-23-12-6-17)21-9-7-20(8-10-21)15-4-3-13-24-15;/h3-4,13,22H,2,5-12,14H2,1H3,(H,18,19);1H. The molecule has 0 aliphatic carbocycles. The third kappa shape index (κ3) is 5.70. The van der Waals surface area contributed by atoms with Crippen LogP contribution in [0.15, 0.2) is 22.5 Å². The minimum Gasteiger partial charge on any atom is -0.388 e. The van der Waals surface area contributed by atoms with Crippen LogP contribution in [-0.2, 0) is 4.74 Å². The Morgan fingerprint density at radius 2 is 2.04 bits per heavy atom. The minimum atomic E-state index is -0.711. The van der Waals surface area contributed by atoms with Crippen molar-refractivity contribution in [1.29, 1.82) is 0 Å². The lowest BCUT2D eigenvalue weighted by Crippen LogP contribution is -2.53. The summed E-state index contributed by atoms with van der Waals surface area (Å²) in [6.07, 6.45) is 1.34. The molecule has 0 saturated carbocycles. The molecular formula is C17H29IN4O2S. The lowest BCUT2D eigenvalue weighted by atomic mass is 9.95. The van der Waals surface area contributed by atoms with Crippen LogP contribution < -0.4 is 10.2 Å². The topological polar surface area (TPSA) is 60.3 Å². The molecule has 8 heteroatoms. The van der Waals surface area contributed by atoms with E-state index in [-0.39, 0.29) is 24.0 Å². The number of hydrogen-bond donors (Lipinski definition) is 2. The highest BCUT2D eigenvalue weighted by atomic mass is 127. The number of aliphatic hydroxyl groups is 1. The van der Waals surface area contributed by atoms with E-state index in [0.717, 1.165) is 38.7 Å². The number of nitrogens with zero attached hydrogens (tertiary/aromatic N) is 3. The Hall–Kier alpha value is -0.580. The fraction of sp³-hybridized carbons (Fsp3) is 0.706. The van der Waals surface area contributed by atoms with Crippen molar-refractivity contribution in [1.82, 2.24) is 10.2 Å². The Labute approximate surface area is 171 Å². The van der Waals surface area contributed by atoms with E-state index in [1.54, 1.807) is 11.3 Å². The van der Waals surface area contributed by atoms with Crippen molar-refractivity contribution in [3.8, 4) is 0 Å². The number of rotatable bonds is 4. The van der Waals surface area contributed by atoms with Crippen LogP contribution in [0, 0.1) is 0 Å². The Kier molecular flexibility index (Phi) is 8.24. The van der Waals surface area contributed by atoms with Crippen molar-refractivity contribution in [2.45, 2.75) is 25.4 Å². The van der Waals surface area contributed by atoms with E-state index in [1.807, 2.05) is 0 Å². The van der Waals surface area contributed by atoms with E-state index in [9.17, 15) is 5.11 Å². The van der Waals surface area contributed by atoms with Gasteiger partial charge in [-0.3, -0.25) is 4.99 Å². The minimum absolute atomic E-state index is 0. The molecule has 6 nitrogen and oxygen atoms in total. The third-order valence-corrected chi connectivity index (χ3v) is 5.61. The van der Waals surface area contributed by atoms with Gasteiger partial charge in [0.15, 0.2) is 5.96 Å². The zero-order valence-electron chi connectivity index (χ0n) is 14.8. The van der Waals surface area contributed by atoms with E-state index in [1.165, 1.54) is 5.00 Å². The number of aliphatic imine (C=N–C) groups is 1. The van der Waals surface area contributed by atoms with Crippen LogP contribution >= 0.6 is 35.3 Å². The van der Waals surface area contributed by atoms with Crippen LogP contribution in [0.25, 0.3) is 0 Å². The lowest BCUT2D eigenvalue weighted by molar-refractivity contribution is -0.0566. The van der Waals surface area contributed by atoms with Crippen LogP contribution in [-0.4, -0.2) is 74.0 Å². The second-order valence-corrected chi connectivity index (χ2v) is 7.36. The fourth-order valence-electron chi connectivity index (χ4n) is 3.15. The first-order chi connectivity index (χ1) is 11.7. The number of anilines is 1. The molecule has 1 aromatic rings. The smallest absolute Gasteiger partial charge is 0.194 e. The summed E-state index contributed by atoms with van der Waals surface area (Å²) in [5, 5.41) is 17.5. The normalized spacial score (nSPS) is 21.0. The van der Waals surface area contributed by atoms with Gasteiger partial charge in [0.1, 0.15) is 0 Å². The summed E-state index contributed by atoms with van der Waals surface area (Å²) in [7, 11) is 0. The van der Waals surface area contributed by atoms with E-state index < -0.39 is 5.60 Å². The van der Waals surface area contributed by atoms with E-state index >= 15 is 0 Å². The van der Waals surface area contributed by atoms with Crippen molar-refractivity contribution in [2.75, 3.05) is 57.4 Å². The monoisotopic (exact) mass is 480 g/mol. The quantitative estimate of drug-likeness (QED) is 0.392. The SMILES string of the molecule is CCNC(=NCC1(O)CCOCC1)N1CCN(c2cccs2)CC1.I. The second kappa shape index (κ2) is 9.94. The molecular weight excluding hydrogens is 451 g/mol. The summed E-state index contributed by atoms with van der Waals surface area (Å²) < 4.78 is 5.34. The molecule has 0 atom stereocenters. The van der Waals surface area contributed by atoms with Crippen molar-refractivity contribution in [2.24, 2.45) is 4.99 Å². The molecule has 1 aromatic heterocycles. The highest BCUT2D eigenvalue weighted by molar-refractivity contribution is 14.0. The Bertz CT molecular complexity index is 527. The van der Waals surface area contributed by atoms with Gasteiger partial charge in [-0.25, -0.2) is 0 Å². The maximum Gasteiger partial charge on any atom is 0.194 e. The van der Waals surface area contributed by atoms with Gasteiger partial charge in [0.2, 0.25) is 0 Å². The van der Waals surface area contributed by atoms with Gasteiger partial charge in [0, 0.05) is 58.8 Å². The van der Waals surface area contributed by atoms with Crippen LogP contribution in [0.4, 0.5) is 5.00 Å². The fourth-order valence-corrected chi connectivity index (χ4v) is 3.93. The molecule has 2 N–H and O–H groups in total. The molecule has 0 amide bonds.